The molecule has 4 aliphatic heterocycles. The van der Waals surface area contributed by atoms with E-state index in [0.717, 1.165) is 140 Å². The first-order valence-corrected chi connectivity index (χ1v) is 27.8. The number of nitrogens with zero attached hydrogens (tertiary/aromatic N) is 8. The number of benzene rings is 4. The molecule has 0 saturated carbocycles. The fourth-order valence-corrected chi connectivity index (χ4v) is 8.99. The van der Waals surface area contributed by atoms with Gasteiger partial charge in [-0.25, -0.2) is 9.97 Å². The summed E-state index contributed by atoms with van der Waals surface area (Å²) in [5.41, 5.74) is 4.48. The van der Waals surface area contributed by atoms with Crippen molar-refractivity contribution in [3.05, 3.63) is 175 Å². The quantitative estimate of drug-likeness (QED) is 0.0646. The number of rotatable bonds is 13. The molecule has 4 saturated heterocycles. The van der Waals surface area contributed by atoms with Crippen LogP contribution in [0.2, 0.25) is 0 Å². The van der Waals surface area contributed by atoms with Gasteiger partial charge in [0, 0.05) is 134 Å². The Hall–Kier alpha value is -4.61. The van der Waals surface area contributed by atoms with E-state index in [0.29, 0.717) is 25.2 Å². The zero-order chi connectivity index (χ0) is 52.9. The highest BCUT2D eigenvalue weighted by Crippen LogP contribution is 2.30. The van der Waals surface area contributed by atoms with Crippen LogP contribution in [-0.4, -0.2) is 165 Å². The Kier molecular flexibility index (Phi) is 27.8. The molecule has 0 bridgehead atoms. The molecule has 74 heavy (non-hydrogen) atoms. The number of H-pyrrole nitrogens is 1. The lowest BCUT2D eigenvalue weighted by molar-refractivity contribution is -0.120. The van der Waals surface area contributed by atoms with E-state index in [2.05, 4.69) is 137 Å². The highest BCUT2D eigenvalue weighted by atomic mass is 79.9. The molecule has 20 heteroatoms. The van der Waals surface area contributed by atoms with Crippen LogP contribution in [0.25, 0.3) is 0 Å². The minimum atomic E-state index is -0.493. The molecule has 6 aromatic rings. The first kappa shape index (κ1) is 60.3. The second kappa shape index (κ2) is 34.1. The highest BCUT2D eigenvalue weighted by molar-refractivity contribution is 9.11. The number of amides is 3. The van der Waals surface area contributed by atoms with E-state index in [9.17, 15) is 24.6 Å². The fraction of sp³-hybridized carbons (Fsp3) is 0.389. The summed E-state index contributed by atoms with van der Waals surface area (Å²) >= 11 is 13.6. The molecule has 6 heterocycles. The molecule has 0 aliphatic carbocycles. The van der Waals surface area contributed by atoms with Gasteiger partial charge in [0.15, 0.2) is 0 Å². The SMILES string of the molecule is Brc1ccc(C2CO2)cc1.CC[C@@H](c1ccc(Br)cc1)N1CCN(C=O)CC1.O=CN1CCN(C[C@@H](O)c2ccc(Br)cc2)CC1.O=CN1CCNCC1.O[C@H](Cn1ccnc1)c1ccc(Br)cc1.c1c[nH]cn1. The Morgan fingerprint density at radius 1 is 0.608 bits per heavy atom. The number of imidazole rings is 2. The summed E-state index contributed by atoms with van der Waals surface area (Å²) in [6.07, 6.45) is 13.6. The number of aromatic amines is 1. The van der Waals surface area contributed by atoms with Crippen molar-refractivity contribution >= 4 is 83.0 Å². The number of carbonyl (C=O) groups excluding carboxylic acids is 3. The third kappa shape index (κ3) is 22.7. The molecule has 10 rings (SSSR count). The summed E-state index contributed by atoms with van der Waals surface area (Å²) in [6.45, 7) is 14.6. The van der Waals surface area contributed by atoms with Crippen LogP contribution in [0, 0.1) is 0 Å². The van der Waals surface area contributed by atoms with Crippen LogP contribution in [0.15, 0.2) is 152 Å². The minimum absolute atomic E-state index is 0.382. The van der Waals surface area contributed by atoms with Gasteiger partial charge in [-0.05, 0) is 77.2 Å². The van der Waals surface area contributed by atoms with Gasteiger partial charge in [-0.15, -0.1) is 0 Å². The Balaban J connectivity index is 0.000000171. The van der Waals surface area contributed by atoms with Gasteiger partial charge in [0.1, 0.15) is 6.10 Å². The lowest BCUT2D eigenvalue weighted by atomic mass is 10.0. The van der Waals surface area contributed by atoms with Gasteiger partial charge in [-0.1, -0.05) is 119 Å². The zero-order valence-corrected chi connectivity index (χ0v) is 48.0. The maximum Gasteiger partial charge on any atom is 0.209 e. The van der Waals surface area contributed by atoms with Gasteiger partial charge in [0.2, 0.25) is 19.2 Å². The Labute approximate surface area is 469 Å². The zero-order valence-electron chi connectivity index (χ0n) is 41.7. The van der Waals surface area contributed by atoms with Crippen molar-refractivity contribution in [2.75, 3.05) is 91.7 Å². The van der Waals surface area contributed by atoms with Crippen LogP contribution in [0.4, 0.5) is 0 Å². The smallest absolute Gasteiger partial charge is 0.209 e. The van der Waals surface area contributed by atoms with Crippen molar-refractivity contribution in [1.82, 2.24) is 49.3 Å². The summed E-state index contributed by atoms with van der Waals surface area (Å²) in [7, 11) is 0. The monoisotopic (exact) mass is 1270 g/mol. The van der Waals surface area contributed by atoms with Gasteiger partial charge in [-0.2, -0.15) is 0 Å². The molecule has 4 fully saturated rings. The summed E-state index contributed by atoms with van der Waals surface area (Å²) in [6, 6.07) is 32.7. The second-order valence-corrected chi connectivity index (χ2v) is 21.2. The molecule has 4 aromatic carbocycles. The number of aromatic nitrogens is 4. The summed E-state index contributed by atoms with van der Waals surface area (Å²) in [5.74, 6) is 0. The molecule has 16 nitrogen and oxygen atoms in total. The van der Waals surface area contributed by atoms with Crippen molar-refractivity contribution in [2.45, 2.75) is 44.2 Å². The molecule has 3 amide bonds. The molecule has 4 aliphatic rings. The van der Waals surface area contributed by atoms with Crippen molar-refractivity contribution in [3.8, 4) is 0 Å². The number of piperazine rings is 3. The molecule has 398 valence electrons. The van der Waals surface area contributed by atoms with Crippen LogP contribution < -0.4 is 5.32 Å². The number of hydrogen-bond donors (Lipinski definition) is 4. The second-order valence-electron chi connectivity index (χ2n) is 17.5. The fourth-order valence-electron chi connectivity index (χ4n) is 7.94. The molecule has 0 radical (unpaired) electrons. The first-order chi connectivity index (χ1) is 36.0. The normalized spacial score (nSPS) is 17.5. The van der Waals surface area contributed by atoms with Crippen LogP contribution in [-0.2, 0) is 25.7 Å². The molecular weight excluding hydrogens is 1200 g/mol. The van der Waals surface area contributed by atoms with E-state index in [-0.39, 0.29) is 0 Å². The Morgan fingerprint density at radius 3 is 1.46 bits per heavy atom. The van der Waals surface area contributed by atoms with Gasteiger partial charge < -0.3 is 44.5 Å². The predicted octanol–water partition coefficient (Wildman–Crippen LogP) is 8.29. The third-order valence-electron chi connectivity index (χ3n) is 12.3. The van der Waals surface area contributed by atoms with Crippen LogP contribution in [0.3, 0.4) is 0 Å². The number of carbonyl (C=O) groups is 3. The average molecular weight is 1270 g/mol. The number of hydrogen-bond acceptors (Lipinski definition) is 11. The van der Waals surface area contributed by atoms with Gasteiger partial charge in [0.25, 0.3) is 0 Å². The predicted molar refractivity (Wildman–Crippen MR) is 303 cm³/mol. The van der Waals surface area contributed by atoms with E-state index in [4.69, 9.17) is 4.74 Å². The maximum atomic E-state index is 10.7. The number of β-amino-alcohol motifs (C(OH)–C–C–N with tert-alkyl or cyclic N) is 1. The number of aliphatic hydroxyl groups is 2. The summed E-state index contributed by atoms with van der Waals surface area (Å²) < 4.78 is 11.2. The molecule has 1 unspecified atom stereocenters. The van der Waals surface area contributed by atoms with Gasteiger partial charge in [0.05, 0.1) is 38.0 Å². The van der Waals surface area contributed by atoms with Crippen LogP contribution >= 0.6 is 63.7 Å². The average Bonchev–Trinajstić information content (AvgIpc) is 3.81. The lowest BCUT2D eigenvalue weighted by Crippen LogP contribution is -2.46. The van der Waals surface area contributed by atoms with Crippen LogP contribution in [0.1, 0.15) is 60.0 Å². The maximum absolute atomic E-state index is 10.7. The number of nitrogens with one attached hydrogen (secondary N) is 2. The highest BCUT2D eigenvalue weighted by Gasteiger charge is 2.25. The van der Waals surface area contributed by atoms with E-state index in [1.54, 1.807) is 41.0 Å². The van der Waals surface area contributed by atoms with E-state index >= 15 is 0 Å². The third-order valence-corrected chi connectivity index (χ3v) is 14.4. The van der Waals surface area contributed by atoms with E-state index in [1.165, 1.54) is 11.1 Å². The van der Waals surface area contributed by atoms with Crippen molar-refractivity contribution in [1.29, 1.82) is 0 Å². The molecule has 4 N–H and O–H groups in total. The Bertz CT molecular complexity index is 2380. The van der Waals surface area contributed by atoms with E-state index < -0.39 is 12.2 Å². The van der Waals surface area contributed by atoms with Crippen molar-refractivity contribution in [2.24, 2.45) is 0 Å². The summed E-state index contributed by atoms with van der Waals surface area (Å²) in [4.78, 5) is 51.8. The number of ether oxygens (including phenoxy) is 1. The minimum Gasteiger partial charge on any atom is -0.387 e. The van der Waals surface area contributed by atoms with Gasteiger partial charge >= 0.3 is 0 Å². The largest absolute Gasteiger partial charge is 0.387 e. The molecule has 4 atom stereocenters. The van der Waals surface area contributed by atoms with Gasteiger partial charge in [-0.3, -0.25) is 24.2 Å². The van der Waals surface area contributed by atoms with Crippen molar-refractivity contribution in [3.63, 3.8) is 0 Å². The molecular formula is C54H68Br4N10O6. The molecule has 0 spiro atoms. The number of aliphatic hydroxyl groups excluding tert-OH is 2. The number of epoxide rings is 1. The van der Waals surface area contributed by atoms with Crippen LogP contribution in [0.5, 0.6) is 0 Å². The standard InChI is InChI=1S/C14H19BrN2O.C13H17BrN2O2.C11H11BrN2O.C8H7BrO.C5H10N2O.C3H4N2/c1-2-14(12-3-5-13(15)6-4-12)17-9-7-16(11-18)8-10-17;14-12-3-1-11(2-4-12)13(18)9-15-5-7-16(10-17)8-6-15;12-10-3-1-9(2-4-10)11(15)7-14-6-5-13-8-14;9-7-3-1-6(2-4-7)8-5-10-8;8-5-7-3-1-6-2-4-7;1-2-5-3-4-1/h3-6,11,14H,2,7-10H2,1H3;1-4,10,13,18H,5-9H2;1-6,8,11,15H,7H2;1-4,8H,5H2;5-6H,1-4H2;1-3H,(H,4,5)/t14-;13-;11-;;;/m011.../s1. The van der Waals surface area contributed by atoms with Crippen molar-refractivity contribution < 1.29 is 29.3 Å². The van der Waals surface area contributed by atoms with E-state index in [1.807, 2.05) is 76.3 Å². The first-order valence-electron chi connectivity index (χ1n) is 24.6. The summed E-state index contributed by atoms with van der Waals surface area (Å²) in [5, 5.41) is 23.2. The number of halogens is 4. The molecule has 2 aromatic heterocycles. The lowest BCUT2D eigenvalue weighted by Gasteiger charge is -2.38. The topological polar surface area (TPSA) is 179 Å². The Morgan fingerprint density at radius 2 is 1.07 bits per heavy atom.